The highest BCUT2D eigenvalue weighted by molar-refractivity contribution is 5.81. The fourth-order valence-electron chi connectivity index (χ4n) is 4.46. The minimum absolute atomic E-state index is 0.0805. The molecular formula is C24H27N7O5. The number of fused-ring (bicyclic) bond motifs is 1. The number of ether oxygens (including phenoxy) is 1. The van der Waals surface area contributed by atoms with Crippen molar-refractivity contribution in [1.82, 2.24) is 35.4 Å². The second kappa shape index (κ2) is 10.3. The molecule has 12 heteroatoms. The maximum Gasteiger partial charge on any atom is 0.417 e. The monoisotopic (exact) mass is 493 g/mol. The highest BCUT2D eigenvalue weighted by Crippen LogP contribution is 2.27. The number of aliphatic hydroxyl groups excluding tert-OH is 1. The number of nitrogens with zero attached hydrogens (tertiary/aromatic N) is 5. The van der Waals surface area contributed by atoms with Crippen molar-refractivity contribution in [3.8, 4) is 5.75 Å². The average molecular weight is 494 g/mol. The van der Waals surface area contributed by atoms with E-state index in [0.29, 0.717) is 42.2 Å². The molecule has 2 atom stereocenters. The molecule has 1 aliphatic heterocycles. The molecule has 1 aliphatic rings. The summed E-state index contributed by atoms with van der Waals surface area (Å²) < 4.78 is 10.9. The number of H-pyrrole nitrogens is 2. The third-order valence-corrected chi connectivity index (χ3v) is 6.38. The molecule has 3 heterocycles. The zero-order valence-corrected chi connectivity index (χ0v) is 19.8. The minimum Gasteiger partial charge on any atom is -0.485 e. The zero-order valence-electron chi connectivity index (χ0n) is 19.8. The topological polar surface area (TPSA) is 153 Å². The molecule has 2 aromatic heterocycles. The molecule has 5 rings (SSSR count). The first-order chi connectivity index (χ1) is 17.4. The molecule has 0 saturated carbocycles. The standard InChI is InChI=1S/C24H27N7O5/c1-30(23(33)10-15-5-6-21-19(9-15)25-24(34)36-21)20(13-31-8-7-17(32)12-31)16-3-2-4-18(11-16)35-14-22-26-28-29-27-22/h2-6,9,11,17,20,32H,7-8,10,12-14H2,1H3,(H,25,34)(H,26,27,28,29)/t17-,20+/m1/s1. The van der Waals surface area contributed by atoms with Crippen LogP contribution in [0.4, 0.5) is 0 Å². The fourth-order valence-corrected chi connectivity index (χ4v) is 4.46. The van der Waals surface area contributed by atoms with Gasteiger partial charge in [0.1, 0.15) is 5.75 Å². The minimum atomic E-state index is -0.528. The van der Waals surface area contributed by atoms with Crippen LogP contribution in [0.2, 0.25) is 0 Å². The Labute approximate surface area is 205 Å². The van der Waals surface area contributed by atoms with Gasteiger partial charge in [-0.15, -0.1) is 10.2 Å². The average Bonchev–Trinajstić information content (AvgIpc) is 3.61. The number of aromatic nitrogens is 5. The van der Waals surface area contributed by atoms with E-state index in [4.69, 9.17) is 9.15 Å². The van der Waals surface area contributed by atoms with Gasteiger partial charge in [-0.1, -0.05) is 23.4 Å². The van der Waals surface area contributed by atoms with Crippen LogP contribution >= 0.6 is 0 Å². The molecule has 1 amide bonds. The fraction of sp³-hybridized carbons (Fsp3) is 0.375. The quantitative estimate of drug-likeness (QED) is 0.310. The maximum absolute atomic E-state index is 13.4. The number of carbonyl (C=O) groups is 1. The van der Waals surface area contributed by atoms with E-state index >= 15 is 0 Å². The summed E-state index contributed by atoms with van der Waals surface area (Å²) in [5, 5.41) is 23.7. The first-order valence-electron chi connectivity index (χ1n) is 11.7. The summed E-state index contributed by atoms with van der Waals surface area (Å²) in [5.74, 6) is 0.452. The molecule has 0 spiro atoms. The zero-order chi connectivity index (χ0) is 25.1. The van der Waals surface area contributed by atoms with Crippen LogP contribution in [0, 0.1) is 0 Å². The van der Waals surface area contributed by atoms with E-state index in [1.54, 1.807) is 30.1 Å². The first-order valence-corrected chi connectivity index (χ1v) is 11.7. The Morgan fingerprint density at radius 3 is 3.00 bits per heavy atom. The third-order valence-electron chi connectivity index (χ3n) is 6.38. The molecular weight excluding hydrogens is 466 g/mol. The second-order valence-electron chi connectivity index (χ2n) is 8.93. The molecule has 0 unspecified atom stereocenters. The van der Waals surface area contributed by atoms with Crippen molar-refractivity contribution in [1.29, 1.82) is 0 Å². The van der Waals surface area contributed by atoms with Gasteiger partial charge in [-0.05, 0) is 41.8 Å². The van der Waals surface area contributed by atoms with Crippen LogP contribution in [0.1, 0.15) is 29.4 Å². The van der Waals surface area contributed by atoms with Gasteiger partial charge in [0.15, 0.2) is 12.2 Å². The number of oxazole rings is 1. The Morgan fingerprint density at radius 1 is 1.33 bits per heavy atom. The lowest BCUT2D eigenvalue weighted by Gasteiger charge is -2.32. The smallest absolute Gasteiger partial charge is 0.417 e. The van der Waals surface area contributed by atoms with Crippen LogP contribution in [0.15, 0.2) is 51.7 Å². The lowest BCUT2D eigenvalue weighted by Crippen LogP contribution is -2.39. The first kappa shape index (κ1) is 23.7. The van der Waals surface area contributed by atoms with Gasteiger partial charge in [0, 0.05) is 26.7 Å². The Morgan fingerprint density at radius 2 is 2.22 bits per heavy atom. The molecule has 1 saturated heterocycles. The highest BCUT2D eigenvalue weighted by Gasteiger charge is 2.28. The number of likely N-dealkylation sites (N-methyl/N-ethyl adjacent to an activating group) is 1. The third kappa shape index (κ3) is 5.44. The van der Waals surface area contributed by atoms with Crippen LogP contribution in [0.25, 0.3) is 11.1 Å². The maximum atomic E-state index is 13.4. The number of tetrazole rings is 1. The summed E-state index contributed by atoms with van der Waals surface area (Å²) >= 11 is 0. The van der Waals surface area contributed by atoms with Crippen LogP contribution in [-0.4, -0.2) is 79.2 Å². The van der Waals surface area contributed by atoms with Gasteiger partial charge >= 0.3 is 5.76 Å². The van der Waals surface area contributed by atoms with Crippen LogP contribution in [0.3, 0.4) is 0 Å². The van der Waals surface area contributed by atoms with Gasteiger partial charge in [0.05, 0.1) is 24.1 Å². The Kier molecular flexibility index (Phi) is 6.78. The number of amides is 1. The van der Waals surface area contributed by atoms with Crippen molar-refractivity contribution < 1.29 is 19.1 Å². The normalized spacial score (nSPS) is 16.9. The molecule has 0 aliphatic carbocycles. The van der Waals surface area contributed by atoms with Crippen LogP contribution < -0.4 is 10.5 Å². The van der Waals surface area contributed by atoms with E-state index < -0.39 is 5.76 Å². The number of rotatable bonds is 9. The number of nitrogens with one attached hydrogen (secondary N) is 2. The Hall–Kier alpha value is -4.03. The van der Waals surface area contributed by atoms with Gasteiger partial charge in [-0.3, -0.25) is 14.7 Å². The van der Waals surface area contributed by atoms with Gasteiger partial charge in [0.2, 0.25) is 11.7 Å². The van der Waals surface area contributed by atoms with Crippen molar-refractivity contribution in [2.75, 3.05) is 26.7 Å². The number of likely N-dealkylation sites (tertiary alicyclic amines) is 1. The van der Waals surface area contributed by atoms with Crippen molar-refractivity contribution in [3.05, 3.63) is 70.0 Å². The summed E-state index contributed by atoms with van der Waals surface area (Å²) in [5.41, 5.74) is 2.69. The molecule has 36 heavy (non-hydrogen) atoms. The number of carbonyl (C=O) groups excluding carboxylic acids is 1. The summed E-state index contributed by atoms with van der Waals surface area (Å²) in [6.45, 7) is 2.06. The van der Waals surface area contributed by atoms with E-state index in [1.807, 2.05) is 24.3 Å². The summed E-state index contributed by atoms with van der Waals surface area (Å²) in [4.78, 5) is 31.4. The summed E-state index contributed by atoms with van der Waals surface area (Å²) in [7, 11) is 1.78. The lowest BCUT2D eigenvalue weighted by molar-refractivity contribution is -0.131. The van der Waals surface area contributed by atoms with E-state index in [0.717, 1.165) is 17.7 Å². The molecule has 0 bridgehead atoms. The second-order valence-corrected chi connectivity index (χ2v) is 8.93. The Bertz CT molecular complexity index is 1380. The SMILES string of the molecule is CN(C(=O)Cc1ccc2oc(=O)[nH]c2c1)[C@@H](CN1CC[C@@H](O)C1)c1cccc(OCc2nn[nH]n2)c1. The van der Waals surface area contributed by atoms with Gasteiger partial charge in [-0.25, -0.2) is 4.79 Å². The number of aliphatic hydroxyl groups is 1. The predicted octanol–water partition coefficient (Wildman–Crippen LogP) is 1.02. The molecule has 4 aromatic rings. The number of hydrogen-bond acceptors (Lipinski definition) is 9. The van der Waals surface area contributed by atoms with Crippen LogP contribution in [0.5, 0.6) is 5.75 Å². The summed E-state index contributed by atoms with van der Waals surface area (Å²) in [6, 6.07) is 12.5. The molecule has 2 aromatic carbocycles. The van der Waals surface area contributed by atoms with Gasteiger partial charge in [-0.2, -0.15) is 5.21 Å². The molecule has 3 N–H and O–H groups in total. The largest absolute Gasteiger partial charge is 0.485 e. The molecule has 12 nitrogen and oxygen atoms in total. The molecule has 1 fully saturated rings. The Balaban J connectivity index is 1.35. The predicted molar refractivity (Wildman–Crippen MR) is 128 cm³/mol. The number of hydrogen-bond donors (Lipinski definition) is 3. The van der Waals surface area contributed by atoms with Crippen molar-refractivity contribution in [3.63, 3.8) is 0 Å². The lowest BCUT2D eigenvalue weighted by atomic mass is 10.0. The summed E-state index contributed by atoms with van der Waals surface area (Å²) in [6.07, 6.45) is 0.508. The van der Waals surface area contributed by atoms with Crippen molar-refractivity contribution in [2.45, 2.75) is 31.6 Å². The van der Waals surface area contributed by atoms with Gasteiger partial charge in [0.25, 0.3) is 0 Å². The van der Waals surface area contributed by atoms with Crippen LogP contribution in [-0.2, 0) is 17.8 Å². The highest BCUT2D eigenvalue weighted by atomic mass is 16.5. The van der Waals surface area contributed by atoms with E-state index in [1.165, 1.54) is 0 Å². The van der Waals surface area contributed by atoms with Gasteiger partial charge < -0.3 is 19.2 Å². The van der Waals surface area contributed by atoms with Crippen molar-refractivity contribution >= 4 is 17.0 Å². The van der Waals surface area contributed by atoms with E-state index in [9.17, 15) is 14.7 Å². The molecule has 188 valence electrons. The number of β-amino-alcohol motifs (C(OH)–C–C–N with tert-alkyl or cyclic N) is 1. The van der Waals surface area contributed by atoms with Crippen molar-refractivity contribution in [2.24, 2.45) is 0 Å². The molecule has 0 radical (unpaired) electrons. The van der Waals surface area contributed by atoms with E-state index in [-0.39, 0.29) is 31.1 Å². The number of aromatic amines is 2. The van der Waals surface area contributed by atoms with E-state index in [2.05, 4.69) is 30.5 Å². The number of benzene rings is 2.